The minimum Gasteiger partial charge on any atom is -0.324 e. The van der Waals surface area contributed by atoms with Crippen LogP contribution in [0.4, 0.5) is 0 Å². The zero-order chi connectivity index (χ0) is 8.72. The largest absolute Gasteiger partial charge is 0.324 e. The van der Waals surface area contributed by atoms with Crippen LogP contribution in [-0.4, -0.2) is 35.5 Å². The van der Waals surface area contributed by atoms with E-state index >= 15 is 0 Å². The lowest BCUT2D eigenvalue weighted by Crippen LogP contribution is -2.33. The van der Waals surface area contributed by atoms with Gasteiger partial charge in [0.1, 0.15) is 0 Å². The van der Waals surface area contributed by atoms with Gasteiger partial charge in [-0.1, -0.05) is 0 Å². The summed E-state index contributed by atoms with van der Waals surface area (Å²) in [5.74, 6) is 0.128. The Labute approximate surface area is 71.2 Å². The Morgan fingerprint density at radius 1 is 1.75 bits per heavy atom. The van der Waals surface area contributed by atoms with Gasteiger partial charge in [-0.25, -0.2) is 0 Å². The van der Waals surface area contributed by atoms with E-state index in [0.29, 0.717) is 13.0 Å². The predicted octanol–water partition coefficient (Wildman–Crippen LogP) is 0.382. The highest BCUT2D eigenvalue weighted by Crippen LogP contribution is 2.30. The van der Waals surface area contributed by atoms with Gasteiger partial charge in [0, 0.05) is 12.3 Å². The van der Waals surface area contributed by atoms with Gasteiger partial charge in [-0.2, -0.15) is 0 Å². The Hall–Kier alpha value is -0.900. The summed E-state index contributed by atoms with van der Waals surface area (Å²) in [5, 5.41) is 0. The first kappa shape index (κ1) is 7.73. The fourth-order valence-electron chi connectivity index (χ4n) is 1.50. The number of amides is 1. The Morgan fingerprint density at radius 2 is 2.50 bits per heavy atom. The smallest absolute Gasteiger partial charge is 0.230 e. The standard InChI is InChI=1S/C8H12N2O2/c1-3-10-6(11)4-5(2)9-7-8(10)12-7/h7-8H,3-4H2,1-2H3. The van der Waals surface area contributed by atoms with Gasteiger partial charge in [-0.3, -0.25) is 9.79 Å². The van der Waals surface area contributed by atoms with Crippen molar-refractivity contribution in [2.75, 3.05) is 6.54 Å². The first-order valence-electron chi connectivity index (χ1n) is 4.20. The molecule has 2 atom stereocenters. The van der Waals surface area contributed by atoms with Crippen molar-refractivity contribution in [2.45, 2.75) is 32.7 Å². The lowest BCUT2D eigenvalue weighted by molar-refractivity contribution is -0.131. The summed E-state index contributed by atoms with van der Waals surface area (Å²) in [6, 6.07) is 0. The molecule has 4 nitrogen and oxygen atoms in total. The number of aliphatic imine (C=N–C) groups is 1. The zero-order valence-corrected chi connectivity index (χ0v) is 7.28. The molecule has 2 heterocycles. The van der Waals surface area contributed by atoms with E-state index in [-0.39, 0.29) is 18.4 Å². The van der Waals surface area contributed by atoms with Crippen LogP contribution in [0, 0.1) is 0 Å². The molecule has 1 fully saturated rings. The molecule has 0 aromatic heterocycles. The van der Waals surface area contributed by atoms with Gasteiger partial charge in [0.05, 0.1) is 6.42 Å². The maximum absolute atomic E-state index is 11.5. The molecule has 2 rings (SSSR count). The van der Waals surface area contributed by atoms with Crippen LogP contribution in [0.15, 0.2) is 4.99 Å². The third-order valence-corrected chi connectivity index (χ3v) is 2.17. The number of hydrogen-bond acceptors (Lipinski definition) is 3. The third-order valence-electron chi connectivity index (χ3n) is 2.17. The molecule has 4 heteroatoms. The van der Waals surface area contributed by atoms with E-state index in [1.165, 1.54) is 0 Å². The second-order valence-corrected chi connectivity index (χ2v) is 3.14. The lowest BCUT2D eigenvalue weighted by Gasteiger charge is -2.16. The van der Waals surface area contributed by atoms with Crippen molar-refractivity contribution in [3.05, 3.63) is 0 Å². The molecule has 2 unspecified atom stereocenters. The molecule has 12 heavy (non-hydrogen) atoms. The first-order chi connectivity index (χ1) is 5.72. The summed E-state index contributed by atoms with van der Waals surface area (Å²) in [7, 11) is 0. The number of carbonyl (C=O) groups excluding carboxylic acids is 1. The zero-order valence-electron chi connectivity index (χ0n) is 7.28. The fraction of sp³-hybridized carbons (Fsp3) is 0.750. The van der Waals surface area contributed by atoms with E-state index in [0.717, 1.165) is 5.71 Å². The molecule has 1 saturated heterocycles. The van der Waals surface area contributed by atoms with Gasteiger partial charge in [-0.05, 0) is 13.8 Å². The van der Waals surface area contributed by atoms with Crippen LogP contribution in [-0.2, 0) is 9.53 Å². The van der Waals surface area contributed by atoms with E-state index in [1.807, 2.05) is 13.8 Å². The van der Waals surface area contributed by atoms with Crippen molar-refractivity contribution < 1.29 is 9.53 Å². The maximum atomic E-state index is 11.5. The summed E-state index contributed by atoms with van der Waals surface area (Å²) in [6.45, 7) is 4.54. The van der Waals surface area contributed by atoms with Crippen LogP contribution in [0.2, 0.25) is 0 Å². The van der Waals surface area contributed by atoms with Crippen LogP contribution >= 0.6 is 0 Å². The molecule has 0 aromatic carbocycles. The number of rotatable bonds is 1. The van der Waals surface area contributed by atoms with Gasteiger partial charge < -0.3 is 9.64 Å². The molecule has 0 radical (unpaired) electrons. The van der Waals surface area contributed by atoms with Crippen LogP contribution < -0.4 is 0 Å². The van der Waals surface area contributed by atoms with Gasteiger partial charge in [-0.15, -0.1) is 0 Å². The molecular formula is C8H12N2O2. The number of likely N-dealkylation sites (N-methyl/N-ethyl adjacent to an activating group) is 1. The van der Waals surface area contributed by atoms with Gasteiger partial charge in [0.15, 0.2) is 12.5 Å². The van der Waals surface area contributed by atoms with Crippen molar-refractivity contribution >= 4 is 11.6 Å². The molecule has 2 aliphatic rings. The van der Waals surface area contributed by atoms with E-state index in [4.69, 9.17) is 4.74 Å². The minimum absolute atomic E-state index is 0.0695. The van der Waals surface area contributed by atoms with Crippen molar-refractivity contribution in [1.29, 1.82) is 0 Å². The maximum Gasteiger partial charge on any atom is 0.230 e. The molecule has 0 bridgehead atoms. The number of nitrogens with zero attached hydrogens (tertiary/aromatic N) is 2. The second kappa shape index (κ2) is 2.55. The quantitative estimate of drug-likeness (QED) is 0.531. The number of fused-ring (bicyclic) bond motifs is 1. The SMILES string of the molecule is CCN1C(=O)CC(C)=NC2OC21. The summed E-state index contributed by atoms with van der Waals surface area (Å²) in [4.78, 5) is 17.4. The van der Waals surface area contributed by atoms with E-state index < -0.39 is 0 Å². The van der Waals surface area contributed by atoms with E-state index in [1.54, 1.807) is 4.90 Å². The van der Waals surface area contributed by atoms with Crippen molar-refractivity contribution in [2.24, 2.45) is 4.99 Å². The fourth-order valence-corrected chi connectivity index (χ4v) is 1.50. The highest BCUT2D eigenvalue weighted by Gasteiger charge is 2.47. The molecule has 2 aliphatic heterocycles. The van der Waals surface area contributed by atoms with E-state index in [9.17, 15) is 4.79 Å². The topological polar surface area (TPSA) is 45.2 Å². The number of epoxide rings is 1. The van der Waals surface area contributed by atoms with E-state index in [2.05, 4.69) is 4.99 Å². The summed E-state index contributed by atoms with van der Waals surface area (Å²) >= 11 is 0. The molecule has 0 aliphatic carbocycles. The van der Waals surface area contributed by atoms with Crippen molar-refractivity contribution in [3.63, 3.8) is 0 Å². The lowest BCUT2D eigenvalue weighted by atomic mass is 10.3. The summed E-state index contributed by atoms with van der Waals surface area (Å²) in [5.41, 5.74) is 0.878. The summed E-state index contributed by atoms with van der Waals surface area (Å²) in [6.07, 6.45) is 0.306. The van der Waals surface area contributed by atoms with Crippen LogP contribution in [0.25, 0.3) is 0 Å². The van der Waals surface area contributed by atoms with Crippen molar-refractivity contribution in [1.82, 2.24) is 4.90 Å². The Kier molecular flexibility index (Phi) is 1.65. The van der Waals surface area contributed by atoms with Gasteiger partial charge >= 0.3 is 0 Å². The average Bonchev–Trinajstić information content (AvgIpc) is 2.67. The first-order valence-corrected chi connectivity index (χ1v) is 4.20. The highest BCUT2D eigenvalue weighted by atomic mass is 16.6. The molecule has 0 spiro atoms. The number of carbonyl (C=O) groups is 1. The molecule has 0 N–H and O–H groups in total. The van der Waals surface area contributed by atoms with Crippen LogP contribution in [0.5, 0.6) is 0 Å². The van der Waals surface area contributed by atoms with Crippen LogP contribution in [0.3, 0.4) is 0 Å². The average molecular weight is 168 g/mol. The molecule has 66 valence electrons. The third kappa shape index (κ3) is 1.12. The Morgan fingerprint density at radius 3 is 3.17 bits per heavy atom. The van der Waals surface area contributed by atoms with Gasteiger partial charge in [0.2, 0.25) is 5.91 Å². The summed E-state index contributed by atoms with van der Waals surface area (Å²) < 4.78 is 5.22. The minimum atomic E-state index is -0.0728. The van der Waals surface area contributed by atoms with Gasteiger partial charge in [0.25, 0.3) is 0 Å². The normalized spacial score (nSPS) is 34.0. The second-order valence-electron chi connectivity index (χ2n) is 3.14. The number of ether oxygens (including phenoxy) is 1. The molecule has 0 saturated carbocycles. The molecule has 1 amide bonds. The highest BCUT2D eigenvalue weighted by molar-refractivity contribution is 6.00. The monoisotopic (exact) mass is 168 g/mol. The Bertz CT molecular complexity index is 249. The molecular weight excluding hydrogens is 156 g/mol. The van der Waals surface area contributed by atoms with Crippen LogP contribution in [0.1, 0.15) is 20.3 Å². The van der Waals surface area contributed by atoms with Crippen molar-refractivity contribution in [3.8, 4) is 0 Å². The predicted molar refractivity (Wildman–Crippen MR) is 43.8 cm³/mol. The number of hydrogen-bond donors (Lipinski definition) is 0. The Balaban J connectivity index is 2.18. The molecule has 0 aromatic rings.